The molecule has 0 aromatic carbocycles. The first-order valence-electron chi connectivity index (χ1n) is 7.97. The van der Waals surface area contributed by atoms with Gasteiger partial charge in [0, 0.05) is 19.1 Å². The molecule has 1 saturated carbocycles. The van der Waals surface area contributed by atoms with Crippen molar-refractivity contribution in [1.29, 1.82) is 0 Å². The van der Waals surface area contributed by atoms with Crippen LogP contribution in [0.2, 0.25) is 0 Å². The summed E-state index contributed by atoms with van der Waals surface area (Å²) in [6, 6.07) is 0.386. The van der Waals surface area contributed by atoms with Gasteiger partial charge in [0.1, 0.15) is 5.54 Å². The first-order chi connectivity index (χ1) is 9.30. The van der Waals surface area contributed by atoms with Crippen molar-refractivity contribution < 1.29 is 9.90 Å². The Hall–Kier alpha value is -0.610. The number of hydrogen-bond donors (Lipinski definition) is 2. The molecule has 2 atom stereocenters. The molecule has 0 spiro atoms. The molecule has 0 bridgehead atoms. The average molecular weight is 284 g/mol. The predicted octanol–water partition coefficient (Wildman–Crippen LogP) is 2.59. The van der Waals surface area contributed by atoms with Crippen LogP contribution >= 0.6 is 0 Å². The molecule has 0 heterocycles. The van der Waals surface area contributed by atoms with Crippen LogP contribution in [0.5, 0.6) is 0 Å². The smallest absolute Gasteiger partial charge is 0.323 e. The maximum absolute atomic E-state index is 11.6. The summed E-state index contributed by atoms with van der Waals surface area (Å²) >= 11 is 0. The zero-order valence-electron chi connectivity index (χ0n) is 13.8. The maximum Gasteiger partial charge on any atom is 0.323 e. The molecule has 0 saturated heterocycles. The number of carbonyl (C=O) groups is 1. The van der Waals surface area contributed by atoms with E-state index < -0.39 is 11.5 Å². The summed E-state index contributed by atoms with van der Waals surface area (Å²) in [7, 11) is 1.78. The zero-order valence-corrected chi connectivity index (χ0v) is 13.8. The molecular formula is C16H32N2O2. The van der Waals surface area contributed by atoms with Gasteiger partial charge in [-0.1, -0.05) is 27.7 Å². The van der Waals surface area contributed by atoms with Crippen molar-refractivity contribution in [3.05, 3.63) is 0 Å². The largest absolute Gasteiger partial charge is 0.480 e. The number of carboxylic acids is 1. The van der Waals surface area contributed by atoms with Gasteiger partial charge in [0.2, 0.25) is 0 Å². The van der Waals surface area contributed by atoms with Crippen LogP contribution in [-0.4, -0.2) is 47.7 Å². The minimum absolute atomic E-state index is 0.386. The Bertz CT molecular complexity index is 308. The number of likely N-dealkylation sites (N-methyl/N-ethyl adjacent to an activating group) is 1. The van der Waals surface area contributed by atoms with Gasteiger partial charge in [-0.15, -0.1) is 0 Å². The number of carboxylic acid groups (broad SMARTS) is 1. The van der Waals surface area contributed by atoms with Crippen LogP contribution in [0.15, 0.2) is 0 Å². The van der Waals surface area contributed by atoms with Crippen LogP contribution < -0.4 is 5.32 Å². The SMILES string of the molecule is CNC1(C(=O)O)CCCC(N(CC(C)C)CC(C)C)C1. The van der Waals surface area contributed by atoms with Crippen molar-refractivity contribution in [2.45, 2.75) is 65.0 Å². The molecule has 1 fully saturated rings. The Labute approximate surface area is 123 Å². The van der Waals surface area contributed by atoms with Crippen molar-refractivity contribution in [3.63, 3.8) is 0 Å². The topological polar surface area (TPSA) is 52.6 Å². The predicted molar refractivity (Wildman–Crippen MR) is 82.9 cm³/mol. The summed E-state index contributed by atoms with van der Waals surface area (Å²) in [5.74, 6) is 0.535. The van der Waals surface area contributed by atoms with E-state index in [0.717, 1.165) is 38.8 Å². The molecular weight excluding hydrogens is 252 g/mol. The molecule has 0 amide bonds. The van der Waals surface area contributed by atoms with Crippen molar-refractivity contribution in [2.24, 2.45) is 11.8 Å². The van der Waals surface area contributed by atoms with E-state index in [-0.39, 0.29) is 0 Å². The van der Waals surface area contributed by atoms with E-state index in [0.29, 0.717) is 17.9 Å². The van der Waals surface area contributed by atoms with Crippen molar-refractivity contribution >= 4 is 5.97 Å². The summed E-state index contributed by atoms with van der Waals surface area (Å²) < 4.78 is 0. The highest BCUT2D eigenvalue weighted by Crippen LogP contribution is 2.32. The molecule has 4 nitrogen and oxygen atoms in total. The van der Waals surface area contributed by atoms with Crippen molar-refractivity contribution in [3.8, 4) is 0 Å². The van der Waals surface area contributed by atoms with Gasteiger partial charge in [0.05, 0.1) is 0 Å². The average Bonchev–Trinajstić information content (AvgIpc) is 2.36. The highest BCUT2D eigenvalue weighted by molar-refractivity contribution is 5.79. The number of nitrogens with one attached hydrogen (secondary N) is 1. The van der Waals surface area contributed by atoms with Crippen LogP contribution in [0.1, 0.15) is 53.4 Å². The molecule has 2 N–H and O–H groups in total. The molecule has 0 radical (unpaired) electrons. The van der Waals surface area contributed by atoms with Crippen LogP contribution in [0.25, 0.3) is 0 Å². The summed E-state index contributed by atoms with van der Waals surface area (Å²) in [4.78, 5) is 14.2. The molecule has 0 aromatic heterocycles. The van der Waals surface area contributed by atoms with Crippen molar-refractivity contribution in [2.75, 3.05) is 20.1 Å². The van der Waals surface area contributed by atoms with Crippen LogP contribution in [0.4, 0.5) is 0 Å². The van der Waals surface area contributed by atoms with Gasteiger partial charge in [0.15, 0.2) is 0 Å². The van der Waals surface area contributed by atoms with E-state index in [1.165, 1.54) is 0 Å². The molecule has 118 valence electrons. The van der Waals surface area contributed by atoms with Gasteiger partial charge in [-0.05, 0) is 44.6 Å². The Kier molecular flexibility index (Phi) is 6.46. The standard InChI is InChI=1S/C16H32N2O2/c1-12(2)10-18(11-13(3)4)14-7-6-8-16(9-14,17-5)15(19)20/h12-14,17H,6-11H2,1-5H3,(H,19,20). The number of nitrogens with zero attached hydrogens (tertiary/aromatic N) is 1. The van der Waals surface area contributed by atoms with E-state index in [2.05, 4.69) is 37.9 Å². The zero-order chi connectivity index (χ0) is 15.3. The summed E-state index contributed by atoms with van der Waals surface area (Å²) in [5, 5.41) is 12.7. The van der Waals surface area contributed by atoms with Crippen LogP contribution in [0.3, 0.4) is 0 Å². The third-order valence-corrected chi connectivity index (χ3v) is 4.33. The van der Waals surface area contributed by atoms with E-state index in [1.807, 2.05) is 0 Å². The number of hydrogen-bond acceptors (Lipinski definition) is 3. The Morgan fingerprint density at radius 1 is 1.30 bits per heavy atom. The quantitative estimate of drug-likeness (QED) is 0.754. The number of rotatable bonds is 7. The summed E-state index contributed by atoms with van der Waals surface area (Å²) in [6.45, 7) is 11.1. The molecule has 0 aromatic rings. The molecule has 0 aliphatic heterocycles. The van der Waals surface area contributed by atoms with Gasteiger partial charge in [-0.25, -0.2) is 0 Å². The van der Waals surface area contributed by atoms with Gasteiger partial charge in [0.25, 0.3) is 0 Å². The second-order valence-corrected chi connectivity index (χ2v) is 7.13. The Balaban J connectivity index is 2.82. The molecule has 20 heavy (non-hydrogen) atoms. The molecule has 2 unspecified atom stereocenters. The Morgan fingerprint density at radius 2 is 1.85 bits per heavy atom. The van der Waals surface area contributed by atoms with Crippen molar-refractivity contribution in [1.82, 2.24) is 10.2 Å². The fourth-order valence-corrected chi connectivity index (χ4v) is 3.40. The van der Waals surface area contributed by atoms with E-state index in [1.54, 1.807) is 7.05 Å². The normalized spacial score (nSPS) is 27.5. The second-order valence-electron chi connectivity index (χ2n) is 7.13. The first-order valence-corrected chi connectivity index (χ1v) is 7.97. The molecule has 4 heteroatoms. The van der Waals surface area contributed by atoms with Crippen LogP contribution in [0, 0.1) is 11.8 Å². The van der Waals surface area contributed by atoms with E-state index >= 15 is 0 Å². The summed E-state index contributed by atoms with van der Waals surface area (Å²) in [5.41, 5.74) is -0.727. The first kappa shape index (κ1) is 17.4. The van der Waals surface area contributed by atoms with Crippen LogP contribution in [-0.2, 0) is 4.79 Å². The molecule has 1 aliphatic rings. The Morgan fingerprint density at radius 3 is 2.25 bits per heavy atom. The highest BCUT2D eigenvalue weighted by atomic mass is 16.4. The second kappa shape index (κ2) is 7.41. The lowest BCUT2D eigenvalue weighted by molar-refractivity contribution is -0.147. The minimum atomic E-state index is -0.727. The van der Waals surface area contributed by atoms with Gasteiger partial charge in [-0.2, -0.15) is 0 Å². The third-order valence-electron chi connectivity index (χ3n) is 4.33. The number of aliphatic carboxylic acids is 1. The maximum atomic E-state index is 11.6. The van der Waals surface area contributed by atoms with E-state index in [4.69, 9.17) is 0 Å². The van der Waals surface area contributed by atoms with Gasteiger partial charge in [-0.3, -0.25) is 9.69 Å². The lowest BCUT2D eigenvalue weighted by Gasteiger charge is -2.43. The lowest BCUT2D eigenvalue weighted by atomic mass is 9.78. The highest BCUT2D eigenvalue weighted by Gasteiger charge is 2.43. The third kappa shape index (κ3) is 4.45. The fraction of sp³-hybridized carbons (Fsp3) is 0.938. The van der Waals surface area contributed by atoms with Gasteiger partial charge < -0.3 is 10.4 Å². The van der Waals surface area contributed by atoms with E-state index in [9.17, 15) is 9.90 Å². The minimum Gasteiger partial charge on any atom is -0.480 e. The fourth-order valence-electron chi connectivity index (χ4n) is 3.40. The van der Waals surface area contributed by atoms with Gasteiger partial charge >= 0.3 is 5.97 Å². The molecule has 1 rings (SSSR count). The molecule has 1 aliphatic carbocycles. The lowest BCUT2D eigenvalue weighted by Crippen LogP contribution is -2.57. The monoisotopic (exact) mass is 284 g/mol. The summed E-state index contributed by atoms with van der Waals surface area (Å²) in [6.07, 6.45) is 3.57.